The van der Waals surface area contributed by atoms with Crippen molar-refractivity contribution in [2.75, 3.05) is 18.0 Å². The fraction of sp³-hybridized carbons (Fsp3) is 0.600. The molecule has 1 saturated heterocycles. The molecule has 1 atom stereocenters. The highest BCUT2D eigenvalue weighted by Crippen LogP contribution is 2.35. The van der Waals surface area contributed by atoms with Gasteiger partial charge in [0.2, 0.25) is 5.28 Å². The van der Waals surface area contributed by atoms with Gasteiger partial charge in [0.1, 0.15) is 5.02 Å². The van der Waals surface area contributed by atoms with Gasteiger partial charge in [0.05, 0.1) is 12.1 Å². The van der Waals surface area contributed by atoms with E-state index < -0.39 is 12.1 Å². The van der Waals surface area contributed by atoms with Crippen molar-refractivity contribution in [1.29, 1.82) is 0 Å². The van der Waals surface area contributed by atoms with Crippen LogP contribution in [-0.2, 0) is 0 Å². The molecule has 0 radical (unpaired) electrons. The second-order valence-corrected chi connectivity index (χ2v) is 4.88. The zero-order valence-electron chi connectivity index (χ0n) is 9.21. The predicted molar refractivity (Wildman–Crippen MR) is 63.0 cm³/mol. The number of piperidine rings is 1. The fourth-order valence-electron chi connectivity index (χ4n) is 2.00. The van der Waals surface area contributed by atoms with Crippen LogP contribution >= 0.6 is 23.2 Å². The molecule has 2 rings (SSSR count). The number of halogens is 5. The first kappa shape index (κ1) is 13.7. The van der Waals surface area contributed by atoms with Gasteiger partial charge < -0.3 is 4.90 Å². The SMILES string of the molecule is FC(F)(F)C1CCCN(c2nc(Cl)ncc2Cl)C1. The van der Waals surface area contributed by atoms with Gasteiger partial charge in [-0.3, -0.25) is 0 Å². The number of hydrogen-bond acceptors (Lipinski definition) is 3. The van der Waals surface area contributed by atoms with Crippen LogP contribution in [0, 0.1) is 5.92 Å². The monoisotopic (exact) mass is 299 g/mol. The van der Waals surface area contributed by atoms with Gasteiger partial charge >= 0.3 is 6.18 Å². The van der Waals surface area contributed by atoms with Crippen molar-refractivity contribution in [2.24, 2.45) is 5.92 Å². The lowest BCUT2D eigenvalue weighted by atomic mass is 9.97. The predicted octanol–water partition coefficient (Wildman–Crippen LogP) is 3.56. The average molecular weight is 300 g/mol. The lowest BCUT2D eigenvalue weighted by molar-refractivity contribution is -0.176. The zero-order valence-corrected chi connectivity index (χ0v) is 10.7. The van der Waals surface area contributed by atoms with Gasteiger partial charge in [0.15, 0.2) is 5.82 Å². The van der Waals surface area contributed by atoms with E-state index in [1.807, 2.05) is 0 Å². The Morgan fingerprint density at radius 1 is 1.33 bits per heavy atom. The second-order valence-electron chi connectivity index (χ2n) is 4.14. The third-order valence-corrected chi connectivity index (χ3v) is 3.33. The lowest BCUT2D eigenvalue weighted by Gasteiger charge is -2.34. The quantitative estimate of drug-likeness (QED) is 0.743. The maximum Gasteiger partial charge on any atom is 0.393 e. The average Bonchev–Trinajstić information content (AvgIpc) is 2.31. The highest BCUT2D eigenvalue weighted by atomic mass is 35.5. The molecular formula is C10H10Cl2F3N3. The Kier molecular flexibility index (Phi) is 3.87. The van der Waals surface area contributed by atoms with Gasteiger partial charge in [-0.05, 0) is 24.4 Å². The van der Waals surface area contributed by atoms with Crippen LogP contribution in [0.2, 0.25) is 10.3 Å². The molecule has 0 spiro atoms. The van der Waals surface area contributed by atoms with Crippen LogP contribution in [0.5, 0.6) is 0 Å². The van der Waals surface area contributed by atoms with Crippen molar-refractivity contribution < 1.29 is 13.2 Å². The number of aromatic nitrogens is 2. The van der Waals surface area contributed by atoms with E-state index in [1.54, 1.807) is 0 Å². The molecule has 100 valence electrons. The summed E-state index contributed by atoms with van der Waals surface area (Å²) in [7, 11) is 0. The molecule has 0 aliphatic carbocycles. The molecule has 1 aromatic rings. The molecular weight excluding hydrogens is 290 g/mol. The minimum Gasteiger partial charge on any atom is -0.355 e. The zero-order chi connectivity index (χ0) is 13.3. The normalized spacial score (nSPS) is 21.2. The molecule has 1 unspecified atom stereocenters. The van der Waals surface area contributed by atoms with Crippen molar-refractivity contribution in [2.45, 2.75) is 19.0 Å². The van der Waals surface area contributed by atoms with Crippen LogP contribution in [0.15, 0.2) is 6.20 Å². The second kappa shape index (κ2) is 5.09. The molecule has 0 saturated carbocycles. The summed E-state index contributed by atoms with van der Waals surface area (Å²) in [6.45, 7) is 0.343. The number of rotatable bonds is 1. The Labute approximate surface area is 112 Å². The first-order valence-corrected chi connectivity index (χ1v) is 6.13. The first-order chi connectivity index (χ1) is 8.38. The summed E-state index contributed by atoms with van der Waals surface area (Å²) in [5, 5.41) is 0.186. The van der Waals surface area contributed by atoms with Crippen LogP contribution in [0.1, 0.15) is 12.8 Å². The van der Waals surface area contributed by atoms with E-state index in [-0.39, 0.29) is 29.1 Å². The highest BCUT2D eigenvalue weighted by molar-refractivity contribution is 6.33. The van der Waals surface area contributed by atoms with Gasteiger partial charge in [-0.25, -0.2) is 4.98 Å². The molecule has 3 nitrogen and oxygen atoms in total. The van der Waals surface area contributed by atoms with Gasteiger partial charge in [-0.15, -0.1) is 0 Å². The Hall–Kier alpha value is -0.750. The summed E-state index contributed by atoms with van der Waals surface area (Å²) in [5.74, 6) is -1.08. The molecule has 0 bridgehead atoms. The number of hydrogen-bond donors (Lipinski definition) is 0. The van der Waals surface area contributed by atoms with Crippen LogP contribution in [0.4, 0.5) is 19.0 Å². The molecule has 1 fully saturated rings. The minimum absolute atomic E-state index is 0.0245. The van der Waals surface area contributed by atoms with Gasteiger partial charge in [0, 0.05) is 13.1 Å². The smallest absolute Gasteiger partial charge is 0.355 e. The highest BCUT2D eigenvalue weighted by Gasteiger charge is 2.42. The molecule has 1 aliphatic rings. The first-order valence-electron chi connectivity index (χ1n) is 5.37. The molecule has 18 heavy (non-hydrogen) atoms. The van der Waals surface area contributed by atoms with Crippen LogP contribution < -0.4 is 4.90 Å². The van der Waals surface area contributed by atoms with E-state index in [2.05, 4.69) is 9.97 Å². The van der Waals surface area contributed by atoms with Crippen molar-refractivity contribution in [3.05, 3.63) is 16.5 Å². The van der Waals surface area contributed by atoms with E-state index in [4.69, 9.17) is 23.2 Å². The van der Waals surface area contributed by atoms with Crippen molar-refractivity contribution in [3.63, 3.8) is 0 Å². The maximum atomic E-state index is 12.7. The van der Waals surface area contributed by atoms with E-state index in [0.717, 1.165) is 0 Å². The molecule has 1 aliphatic heterocycles. The molecule has 0 aromatic carbocycles. The summed E-state index contributed by atoms with van der Waals surface area (Å²) in [4.78, 5) is 9.08. The molecule has 0 amide bonds. The standard InChI is InChI=1S/C10H10Cl2F3N3/c11-7-4-16-9(12)17-8(7)18-3-1-2-6(5-18)10(13,14)15/h4,6H,1-3,5H2. The summed E-state index contributed by atoms with van der Waals surface area (Å²) in [6.07, 6.45) is -2.32. The van der Waals surface area contributed by atoms with Crippen LogP contribution in [-0.4, -0.2) is 29.2 Å². The van der Waals surface area contributed by atoms with Crippen molar-refractivity contribution >= 4 is 29.0 Å². The Bertz CT molecular complexity index is 439. The molecule has 2 heterocycles. The van der Waals surface area contributed by atoms with Crippen molar-refractivity contribution in [3.8, 4) is 0 Å². The molecule has 0 N–H and O–H groups in total. The largest absolute Gasteiger partial charge is 0.393 e. The van der Waals surface area contributed by atoms with Crippen LogP contribution in [0.25, 0.3) is 0 Å². The van der Waals surface area contributed by atoms with E-state index in [0.29, 0.717) is 13.0 Å². The fourth-order valence-corrected chi connectivity index (χ4v) is 2.34. The Morgan fingerprint density at radius 2 is 2.06 bits per heavy atom. The topological polar surface area (TPSA) is 29.0 Å². The summed E-state index contributed by atoms with van der Waals surface area (Å²) in [6, 6.07) is 0. The number of anilines is 1. The Balaban J connectivity index is 2.21. The van der Waals surface area contributed by atoms with E-state index in [1.165, 1.54) is 11.1 Å². The van der Waals surface area contributed by atoms with Gasteiger partial charge in [-0.1, -0.05) is 11.6 Å². The van der Waals surface area contributed by atoms with Crippen LogP contribution in [0.3, 0.4) is 0 Å². The number of nitrogens with zero attached hydrogens (tertiary/aromatic N) is 3. The molecule has 1 aromatic heterocycles. The maximum absolute atomic E-state index is 12.7. The summed E-state index contributed by atoms with van der Waals surface area (Å²) < 4.78 is 38.1. The summed E-state index contributed by atoms with van der Waals surface area (Å²) in [5.41, 5.74) is 0. The molecule has 8 heteroatoms. The van der Waals surface area contributed by atoms with Crippen molar-refractivity contribution in [1.82, 2.24) is 9.97 Å². The third-order valence-electron chi connectivity index (χ3n) is 2.88. The Morgan fingerprint density at radius 3 is 2.72 bits per heavy atom. The van der Waals surface area contributed by atoms with E-state index >= 15 is 0 Å². The van der Waals surface area contributed by atoms with Gasteiger partial charge in [-0.2, -0.15) is 18.2 Å². The van der Waals surface area contributed by atoms with Gasteiger partial charge in [0.25, 0.3) is 0 Å². The summed E-state index contributed by atoms with van der Waals surface area (Å²) >= 11 is 11.5. The lowest BCUT2D eigenvalue weighted by Crippen LogP contribution is -2.42. The minimum atomic E-state index is -4.19. The van der Waals surface area contributed by atoms with E-state index in [9.17, 15) is 13.2 Å². The number of alkyl halides is 3. The third kappa shape index (κ3) is 2.98.